The summed E-state index contributed by atoms with van der Waals surface area (Å²) in [6.45, 7) is 0.428. The van der Waals surface area contributed by atoms with Crippen LogP contribution in [-0.2, 0) is 0 Å². The minimum Gasteiger partial charge on any atom is -0.493 e. The van der Waals surface area contributed by atoms with Crippen molar-refractivity contribution in [1.29, 1.82) is 0 Å². The van der Waals surface area contributed by atoms with Crippen LogP contribution in [0, 0.1) is 11.6 Å². The Labute approximate surface area is 153 Å². The lowest BCUT2D eigenvalue weighted by molar-refractivity contribution is 0.295. The van der Waals surface area contributed by atoms with Crippen LogP contribution in [0.2, 0.25) is 0 Å². The van der Waals surface area contributed by atoms with Gasteiger partial charge in [-0.2, -0.15) is 0 Å². The largest absolute Gasteiger partial charge is 0.493 e. The highest BCUT2D eigenvalue weighted by atomic mass is 35.5. The Morgan fingerprint density at radius 3 is 2.50 bits per heavy atom. The van der Waals surface area contributed by atoms with Gasteiger partial charge >= 0.3 is 0 Å². The van der Waals surface area contributed by atoms with E-state index in [4.69, 9.17) is 21.1 Å². The molecule has 0 bridgehead atoms. The van der Waals surface area contributed by atoms with Crippen LogP contribution in [-0.4, -0.2) is 35.0 Å². The molecule has 2 aromatic carbocycles. The van der Waals surface area contributed by atoms with Crippen LogP contribution in [0.25, 0.3) is 10.9 Å². The van der Waals surface area contributed by atoms with Gasteiger partial charge in [0, 0.05) is 23.7 Å². The van der Waals surface area contributed by atoms with Crippen molar-refractivity contribution >= 4 is 34.0 Å². The number of benzene rings is 2. The summed E-state index contributed by atoms with van der Waals surface area (Å²) >= 11 is 5.65. The molecule has 9 heteroatoms. The number of alkyl halides is 1. The fraction of sp³-hybridized carbons (Fsp3) is 0.235. The average Bonchev–Trinajstić information content (AvgIpc) is 2.61. The van der Waals surface area contributed by atoms with Gasteiger partial charge in [-0.05, 0) is 29.8 Å². The Hall–Kier alpha value is -2.74. The zero-order chi connectivity index (χ0) is 18.5. The molecule has 1 aromatic heterocycles. The van der Waals surface area contributed by atoms with Crippen molar-refractivity contribution < 1.29 is 18.3 Å². The predicted octanol–water partition coefficient (Wildman–Crippen LogP) is 4.06. The van der Waals surface area contributed by atoms with E-state index in [9.17, 15) is 8.78 Å². The van der Waals surface area contributed by atoms with Crippen LogP contribution >= 0.6 is 11.6 Å². The minimum atomic E-state index is -0.702. The lowest BCUT2D eigenvalue weighted by Crippen LogP contribution is -2.03. The van der Waals surface area contributed by atoms with Crippen molar-refractivity contribution in [2.45, 2.75) is 6.42 Å². The number of ether oxygens (including phenoxy) is 2. The molecule has 3 rings (SSSR count). The van der Waals surface area contributed by atoms with Crippen molar-refractivity contribution in [3.8, 4) is 11.5 Å². The lowest BCUT2D eigenvalue weighted by atomic mass is 10.2. The number of anilines is 2. The van der Waals surface area contributed by atoms with Crippen LogP contribution in [0.5, 0.6) is 11.5 Å². The lowest BCUT2D eigenvalue weighted by Gasteiger charge is -2.13. The summed E-state index contributed by atoms with van der Waals surface area (Å²) in [6.07, 6.45) is 0.683. The molecule has 0 amide bonds. The molecule has 0 fully saturated rings. The predicted molar refractivity (Wildman–Crippen MR) is 94.4 cm³/mol. The molecule has 6 nitrogen and oxygen atoms in total. The van der Waals surface area contributed by atoms with Gasteiger partial charge in [0.1, 0.15) is 17.2 Å². The highest BCUT2D eigenvalue weighted by molar-refractivity contribution is 6.17. The first-order chi connectivity index (χ1) is 12.6. The molecule has 26 heavy (non-hydrogen) atoms. The quantitative estimate of drug-likeness (QED) is 0.492. The maximum absolute atomic E-state index is 13.4. The normalized spacial score (nSPS) is 10.8. The number of nitrogens with zero attached hydrogens (tertiary/aromatic N) is 3. The third-order valence-electron chi connectivity index (χ3n) is 3.50. The monoisotopic (exact) mass is 380 g/mol. The summed E-state index contributed by atoms with van der Waals surface area (Å²) in [5.41, 5.74) is 0.687. The van der Waals surface area contributed by atoms with Crippen LogP contribution in [0.4, 0.5) is 20.3 Å². The van der Waals surface area contributed by atoms with Gasteiger partial charge in [0.2, 0.25) is 0 Å². The van der Waals surface area contributed by atoms with Gasteiger partial charge < -0.3 is 14.8 Å². The standard InChI is InChI=1S/C17H15ClF2N4O2/c1-25-15-8-13-14(9-16(15)26-4-2-3-18)22-24-23-17(13)21-12-6-10(19)5-11(20)7-12/h5-9H,2-4H2,1H3,(H,21,22,23). The van der Waals surface area contributed by atoms with Crippen LogP contribution in [0.15, 0.2) is 30.3 Å². The molecule has 0 saturated heterocycles. The van der Waals surface area contributed by atoms with Crippen molar-refractivity contribution in [3.63, 3.8) is 0 Å². The van der Waals surface area contributed by atoms with Gasteiger partial charge in [-0.1, -0.05) is 0 Å². The number of hydrogen-bond donors (Lipinski definition) is 1. The highest BCUT2D eigenvalue weighted by Crippen LogP contribution is 2.34. The van der Waals surface area contributed by atoms with Crippen molar-refractivity contribution in [2.75, 3.05) is 24.9 Å². The van der Waals surface area contributed by atoms with E-state index in [1.54, 1.807) is 12.1 Å². The van der Waals surface area contributed by atoms with Gasteiger partial charge in [-0.25, -0.2) is 8.78 Å². The van der Waals surface area contributed by atoms with Gasteiger partial charge in [-0.15, -0.1) is 21.8 Å². The maximum Gasteiger partial charge on any atom is 0.164 e. The fourth-order valence-electron chi connectivity index (χ4n) is 2.35. The first-order valence-electron chi connectivity index (χ1n) is 7.73. The Morgan fingerprint density at radius 2 is 1.81 bits per heavy atom. The third kappa shape index (κ3) is 4.08. The molecule has 0 aliphatic heterocycles. The Balaban J connectivity index is 1.98. The van der Waals surface area contributed by atoms with E-state index in [0.29, 0.717) is 41.3 Å². The molecule has 0 atom stereocenters. The summed E-state index contributed by atoms with van der Waals surface area (Å²) in [5, 5.41) is 15.0. The summed E-state index contributed by atoms with van der Waals surface area (Å²) in [5.74, 6) is 0.324. The SMILES string of the molecule is COc1cc2c(Nc3cc(F)cc(F)c3)nnnc2cc1OCCCCl. The fourth-order valence-corrected chi connectivity index (χ4v) is 2.46. The van der Waals surface area contributed by atoms with E-state index >= 15 is 0 Å². The van der Waals surface area contributed by atoms with Gasteiger partial charge in [0.15, 0.2) is 17.3 Å². The number of methoxy groups -OCH3 is 1. The number of halogens is 3. The Kier molecular flexibility index (Phi) is 5.62. The van der Waals surface area contributed by atoms with Gasteiger partial charge in [0.05, 0.1) is 19.1 Å². The molecule has 0 aliphatic carbocycles. The third-order valence-corrected chi connectivity index (χ3v) is 3.76. The second-order valence-corrected chi connectivity index (χ2v) is 5.71. The molecule has 0 aliphatic rings. The molecule has 0 spiro atoms. The number of hydrogen-bond acceptors (Lipinski definition) is 6. The topological polar surface area (TPSA) is 69.2 Å². The second kappa shape index (κ2) is 8.09. The van der Waals surface area contributed by atoms with Crippen LogP contribution in [0.3, 0.4) is 0 Å². The van der Waals surface area contributed by atoms with Crippen LogP contribution in [0.1, 0.15) is 6.42 Å². The molecule has 0 unspecified atom stereocenters. The molecule has 3 aromatic rings. The smallest absolute Gasteiger partial charge is 0.164 e. The summed E-state index contributed by atoms with van der Waals surface area (Å²) in [7, 11) is 1.51. The second-order valence-electron chi connectivity index (χ2n) is 5.33. The van der Waals surface area contributed by atoms with E-state index in [1.807, 2.05) is 0 Å². The van der Waals surface area contributed by atoms with Crippen molar-refractivity contribution in [3.05, 3.63) is 42.0 Å². The van der Waals surface area contributed by atoms with Gasteiger partial charge in [-0.3, -0.25) is 0 Å². The average molecular weight is 381 g/mol. The molecular weight excluding hydrogens is 366 g/mol. The first-order valence-corrected chi connectivity index (χ1v) is 8.27. The minimum absolute atomic E-state index is 0.200. The number of aromatic nitrogens is 3. The number of fused-ring (bicyclic) bond motifs is 1. The zero-order valence-corrected chi connectivity index (χ0v) is 14.6. The van der Waals surface area contributed by atoms with E-state index < -0.39 is 11.6 Å². The summed E-state index contributed by atoms with van der Waals surface area (Å²) in [4.78, 5) is 0. The van der Waals surface area contributed by atoms with E-state index in [-0.39, 0.29) is 11.5 Å². The molecular formula is C17H15ClF2N4O2. The number of rotatable bonds is 7. The Bertz CT molecular complexity index is 906. The zero-order valence-electron chi connectivity index (χ0n) is 13.8. The van der Waals surface area contributed by atoms with Crippen molar-refractivity contribution in [2.24, 2.45) is 0 Å². The molecule has 0 saturated carbocycles. The molecule has 136 valence electrons. The summed E-state index contributed by atoms with van der Waals surface area (Å²) < 4.78 is 37.8. The first kappa shape index (κ1) is 18.1. The maximum atomic E-state index is 13.4. The van der Waals surface area contributed by atoms with E-state index in [0.717, 1.165) is 18.2 Å². The number of nitrogens with one attached hydrogen (secondary N) is 1. The van der Waals surface area contributed by atoms with E-state index in [2.05, 4.69) is 20.7 Å². The van der Waals surface area contributed by atoms with E-state index in [1.165, 1.54) is 7.11 Å². The van der Waals surface area contributed by atoms with Crippen LogP contribution < -0.4 is 14.8 Å². The van der Waals surface area contributed by atoms with Gasteiger partial charge in [0.25, 0.3) is 0 Å². The summed E-state index contributed by atoms with van der Waals surface area (Å²) in [6, 6.07) is 6.42. The highest BCUT2D eigenvalue weighted by Gasteiger charge is 2.13. The molecule has 1 heterocycles. The molecule has 1 N–H and O–H groups in total. The molecule has 0 radical (unpaired) electrons. The Morgan fingerprint density at radius 1 is 1.04 bits per heavy atom. The van der Waals surface area contributed by atoms with Crippen molar-refractivity contribution in [1.82, 2.24) is 15.4 Å².